The molecule has 1 heterocycles. The van der Waals surface area contributed by atoms with E-state index in [0.29, 0.717) is 17.2 Å². The van der Waals surface area contributed by atoms with Gasteiger partial charge in [-0.1, -0.05) is 17.7 Å². The maximum Gasteiger partial charge on any atom is 0.288 e. The first-order valence-electron chi connectivity index (χ1n) is 5.36. The van der Waals surface area contributed by atoms with Crippen LogP contribution in [-0.4, -0.2) is 26.0 Å². The lowest BCUT2D eigenvalue weighted by atomic mass is 10.2. The van der Waals surface area contributed by atoms with E-state index >= 15 is 0 Å². The molecule has 0 amide bonds. The SMILES string of the molecule is Cc1nnc(C)n1N=Cc1ccc(Cl)c([N+](=O)[O-])c1. The van der Waals surface area contributed by atoms with Gasteiger partial charge in [0.25, 0.3) is 5.69 Å². The Hall–Kier alpha value is -2.28. The van der Waals surface area contributed by atoms with Gasteiger partial charge in [0.2, 0.25) is 0 Å². The number of nitrogens with zero attached hydrogens (tertiary/aromatic N) is 5. The maximum atomic E-state index is 10.8. The number of nitro groups is 1. The van der Waals surface area contributed by atoms with Crippen molar-refractivity contribution in [2.75, 3.05) is 0 Å². The molecule has 0 radical (unpaired) electrons. The zero-order valence-electron chi connectivity index (χ0n) is 10.2. The standard InChI is InChI=1S/C11H10ClN5O2/c1-7-14-15-8(2)16(7)13-6-9-3-4-10(12)11(5-9)17(18)19/h3-6H,1-2H3. The molecule has 0 aliphatic rings. The fourth-order valence-electron chi connectivity index (χ4n) is 1.51. The largest absolute Gasteiger partial charge is 0.288 e. The quantitative estimate of drug-likeness (QED) is 0.490. The van der Waals surface area contributed by atoms with Gasteiger partial charge in [-0.15, -0.1) is 10.2 Å². The van der Waals surface area contributed by atoms with Gasteiger partial charge in [-0.2, -0.15) is 5.10 Å². The molecule has 8 heteroatoms. The average Bonchev–Trinajstić information content (AvgIpc) is 2.68. The molecule has 2 rings (SSSR count). The van der Waals surface area contributed by atoms with Gasteiger partial charge in [-0.05, 0) is 19.9 Å². The van der Waals surface area contributed by atoms with Gasteiger partial charge in [0.15, 0.2) is 11.6 Å². The molecular formula is C11H10ClN5O2. The highest BCUT2D eigenvalue weighted by atomic mass is 35.5. The molecule has 19 heavy (non-hydrogen) atoms. The normalized spacial score (nSPS) is 11.1. The molecule has 1 aromatic carbocycles. The van der Waals surface area contributed by atoms with E-state index in [1.165, 1.54) is 18.3 Å². The Morgan fingerprint density at radius 3 is 2.58 bits per heavy atom. The van der Waals surface area contributed by atoms with Gasteiger partial charge >= 0.3 is 0 Å². The van der Waals surface area contributed by atoms with E-state index in [4.69, 9.17) is 11.6 Å². The van der Waals surface area contributed by atoms with Crippen LogP contribution in [0.25, 0.3) is 0 Å². The molecule has 98 valence electrons. The lowest BCUT2D eigenvalue weighted by Gasteiger charge is -1.99. The van der Waals surface area contributed by atoms with Gasteiger partial charge < -0.3 is 0 Å². The van der Waals surface area contributed by atoms with Gasteiger partial charge in [-0.3, -0.25) is 10.1 Å². The Labute approximate surface area is 113 Å². The Balaban J connectivity index is 2.34. The van der Waals surface area contributed by atoms with Crippen LogP contribution in [0.2, 0.25) is 5.02 Å². The second-order valence-electron chi connectivity index (χ2n) is 3.82. The molecule has 0 aliphatic carbocycles. The van der Waals surface area contributed by atoms with Crippen LogP contribution in [0.4, 0.5) is 5.69 Å². The summed E-state index contributed by atoms with van der Waals surface area (Å²) in [7, 11) is 0. The van der Waals surface area contributed by atoms with E-state index in [1.54, 1.807) is 24.6 Å². The van der Waals surface area contributed by atoms with Crippen LogP contribution in [0, 0.1) is 24.0 Å². The van der Waals surface area contributed by atoms with Crippen molar-refractivity contribution < 1.29 is 4.92 Å². The molecule has 7 nitrogen and oxygen atoms in total. The van der Waals surface area contributed by atoms with E-state index in [0.717, 1.165) is 0 Å². The van der Waals surface area contributed by atoms with Crippen LogP contribution < -0.4 is 0 Å². The third-order valence-electron chi connectivity index (χ3n) is 2.44. The fraction of sp³-hybridized carbons (Fsp3) is 0.182. The molecule has 0 bridgehead atoms. The molecule has 2 aromatic rings. The third kappa shape index (κ3) is 2.76. The molecule has 0 N–H and O–H groups in total. The van der Waals surface area contributed by atoms with E-state index in [1.807, 2.05) is 0 Å². The maximum absolute atomic E-state index is 10.8. The second-order valence-corrected chi connectivity index (χ2v) is 4.23. The van der Waals surface area contributed by atoms with Crippen molar-refractivity contribution in [3.63, 3.8) is 0 Å². The highest BCUT2D eigenvalue weighted by Crippen LogP contribution is 2.24. The first-order chi connectivity index (χ1) is 8.99. The highest BCUT2D eigenvalue weighted by molar-refractivity contribution is 6.32. The number of hydrogen-bond donors (Lipinski definition) is 0. The molecule has 0 unspecified atom stereocenters. The van der Waals surface area contributed by atoms with E-state index in [-0.39, 0.29) is 10.7 Å². The first-order valence-corrected chi connectivity index (χ1v) is 5.74. The van der Waals surface area contributed by atoms with Gasteiger partial charge in [0, 0.05) is 11.6 Å². The minimum absolute atomic E-state index is 0.0961. The van der Waals surface area contributed by atoms with Crippen molar-refractivity contribution in [2.24, 2.45) is 5.10 Å². The number of benzene rings is 1. The Kier molecular flexibility index (Phi) is 3.57. The minimum Gasteiger partial charge on any atom is -0.258 e. The number of hydrogen-bond acceptors (Lipinski definition) is 5. The summed E-state index contributed by atoms with van der Waals surface area (Å²) in [5.74, 6) is 1.27. The monoisotopic (exact) mass is 279 g/mol. The van der Waals surface area contributed by atoms with Crippen LogP contribution in [0.5, 0.6) is 0 Å². The van der Waals surface area contributed by atoms with E-state index in [9.17, 15) is 10.1 Å². The summed E-state index contributed by atoms with van der Waals surface area (Å²) in [6, 6.07) is 4.47. The van der Waals surface area contributed by atoms with E-state index in [2.05, 4.69) is 15.3 Å². The summed E-state index contributed by atoms with van der Waals surface area (Å²) < 4.78 is 1.54. The third-order valence-corrected chi connectivity index (χ3v) is 2.76. The van der Waals surface area contributed by atoms with Gasteiger partial charge in [0.05, 0.1) is 11.1 Å². The topological polar surface area (TPSA) is 86.2 Å². The molecule has 0 spiro atoms. The predicted molar refractivity (Wildman–Crippen MR) is 70.6 cm³/mol. The zero-order chi connectivity index (χ0) is 14.0. The van der Waals surface area contributed by atoms with Crippen molar-refractivity contribution in [3.05, 3.63) is 50.5 Å². The van der Waals surface area contributed by atoms with E-state index < -0.39 is 4.92 Å². The number of aromatic nitrogens is 3. The zero-order valence-corrected chi connectivity index (χ0v) is 11.0. The van der Waals surface area contributed by atoms with Crippen LogP contribution in [0.15, 0.2) is 23.3 Å². The van der Waals surface area contributed by atoms with Gasteiger partial charge in [-0.25, -0.2) is 4.68 Å². The Bertz CT molecular complexity index is 646. The van der Waals surface area contributed by atoms with Crippen LogP contribution in [-0.2, 0) is 0 Å². The summed E-state index contributed by atoms with van der Waals surface area (Å²) >= 11 is 5.73. The second kappa shape index (κ2) is 5.15. The number of aryl methyl sites for hydroxylation is 2. The van der Waals surface area contributed by atoms with Crippen LogP contribution >= 0.6 is 11.6 Å². The molecule has 0 saturated heterocycles. The lowest BCUT2D eigenvalue weighted by molar-refractivity contribution is -0.384. The van der Waals surface area contributed by atoms with Crippen molar-refractivity contribution in [1.29, 1.82) is 0 Å². The fourth-order valence-corrected chi connectivity index (χ4v) is 1.69. The molecule has 0 saturated carbocycles. The summed E-state index contributed by atoms with van der Waals surface area (Å²) in [5.41, 5.74) is 0.423. The molecule has 0 atom stereocenters. The van der Waals surface area contributed by atoms with Crippen LogP contribution in [0.1, 0.15) is 17.2 Å². The molecular weight excluding hydrogens is 270 g/mol. The number of nitro benzene ring substituents is 1. The summed E-state index contributed by atoms with van der Waals surface area (Å²) in [5, 5.41) is 22.7. The summed E-state index contributed by atoms with van der Waals surface area (Å²) in [6.07, 6.45) is 1.49. The average molecular weight is 280 g/mol. The van der Waals surface area contributed by atoms with Crippen molar-refractivity contribution in [3.8, 4) is 0 Å². The van der Waals surface area contributed by atoms with Crippen molar-refractivity contribution in [2.45, 2.75) is 13.8 Å². The Morgan fingerprint density at radius 2 is 2.00 bits per heavy atom. The summed E-state index contributed by atoms with van der Waals surface area (Å²) in [4.78, 5) is 10.2. The first kappa shape index (κ1) is 13.2. The lowest BCUT2D eigenvalue weighted by Crippen LogP contribution is -1.97. The minimum atomic E-state index is -0.533. The summed E-state index contributed by atoms with van der Waals surface area (Å²) in [6.45, 7) is 3.53. The smallest absolute Gasteiger partial charge is 0.258 e. The molecule has 0 fully saturated rings. The van der Waals surface area contributed by atoms with Crippen molar-refractivity contribution in [1.82, 2.24) is 14.9 Å². The highest BCUT2D eigenvalue weighted by Gasteiger charge is 2.12. The van der Waals surface area contributed by atoms with Crippen molar-refractivity contribution >= 4 is 23.5 Å². The Morgan fingerprint density at radius 1 is 1.37 bits per heavy atom. The van der Waals surface area contributed by atoms with Gasteiger partial charge in [0.1, 0.15) is 5.02 Å². The number of halogens is 1. The number of rotatable bonds is 3. The predicted octanol–water partition coefficient (Wildman–Crippen LogP) is 2.34. The van der Waals surface area contributed by atoms with Crippen LogP contribution in [0.3, 0.4) is 0 Å². The molecule has 0 aliphatic heterocycles. The molecule has 1 aromatic heterocycles.